The molecule has 0 aromatic carbocycles. The van der Waals surface area contributed by atoms with E-state index in [1.165, 1.54) is 25.7 Å². The number of nitrogens with zero attached hydrogens (tertiary/aromatic N) is 3. The van der Waals surface area contributed by atoms with Gasteiger partial charge in [0.05, 0.1) is 5.54 Å². The molecule has 0 amide bonds. The van der Waals surface area contributed by atoms with E-state index in [4.69, 9.17) is 0 Å². The first-order valence-electron chi connectivity index (χ1n) is 5.08. The quantitative estimate of drug-likeness (QED) is 0.699. The van der Waals surface area contributed by atoms with Crippen molar-refractivity contribution in [2.45, 2.75) is 52.0 Å². The normalized spacial score (nSPS) is 11.9. The summed E-state index contributed by atoms with van der Waals surface area (Å²) in [6.07, 6.45) is 8.16. The van der Waals surface area contributed by atoms with Crippen molar-refractivity contribution in [1.29, 1.82) is 0 Å². The van der Waals surface area contributed by atoms with Gasteiger partial charge in [0.2, 0.25) is 0 Å². The SMILES string of the molecule is CCCC(C)(CCC)n1cncn1. The van der Waals surface area contributed by atoms with Crippen molar-refractivity contribution >= 4 is 0 Å². The van der Waals surface area contributed by atoms with E-state index in [1.807, 2.05) is 11.0 Å². The van der Waals surface area contributed by atoms with Gasteiger partial charge in [0.25, 0.3) is 0 Å². The molecule has 1 rings (SSSR count). The molecule has 0 unspecified atom stereocenters. The molecule has 0 saturated heterocycles. The van der Waals surface area contributed by atoms with Gasteiger partial charge in [-0.2, -0.15) is 5.10 Å². The topological polar surface area (TPSA) is 30.7 Å². The molecule has 3 nitrogen and oxygen atoms in total. The second-order valence-electron chi connectivity index (χ2n) is 3.84. The van der Waals surface area contributed by atoms with Crippen molar-refractivity contribution in [2.75, 3.05) is 0 Å². The molecule has 0 aliphatic heterocycles. The van der Waals surface area contributed by atoms with Crippen LogP contribution in [0.5, 0.6) is 0 Å². The fourth-order valence-electron chi connectivity index (χ4n) is 1.92. The summed E-state index contributed by atoms with van der Waals surface area (Å²) in [5, 5.41) is 4.23. The van der Waals surface area contributed by atoms with E-state index in [1.54, 1.807) is 6.33 Å². The molecule has 0 fully saturated rings. The highest BCUT2D eigenvalue weighted by atomic mass is 15.3. The Morgan fingerprint density at radius 2 is 1.85 bits per heavy atom. The molecule has 1 heterocycles. The van der Waals surface area contributed by atoms with Crippen LogP contribution in [0.15, 0.2) is 12.7 Å². The van der Waals surface area contributed by atoms with Crippen molar-refractivity contribution in [3.8, 4) is 0 Å². The predicted octanol–water partition coefficient (Wildman–Crippen LogP) is 2.59. The largest absolute Gasteiger partial charge is 0.247 e. The van der Waals surface area contributed by atoms with E-state index in [0.29, 0.717) is 0 Å². The molecule has 0 atom stereocenters. The van der Waals surface area contributed by atoms with Gasteiger partial charge in [-0.1, -0.05) is 26.7 Å². The highest BCUT2D eigenvalue weighted by Crippen LogP contribution is 2.26. The minimum atomic E-state index is 0.167. The summed E-state index contributed by atoms with van der Waals surface area (Å²) in [6.45, 7) is 6.68. The molecule has 0 aliphatic rings. The molecule has 0 spiro atoms. The number of rotatable bonds is 5. The number of hydrogen-bond acceptors (Lipinski definition) is 2. The fourth-order valence-corrected chi connectivity index (χ4v) is 1.92. The maximum Gasteiger partial charge on any atom is 0.137 e. The van der Waals surface area contributed by atoms with Crippen LogP contribution < -0.4 is 0 Å². The summed E-state index contributed by atoms with van der Waals surface area (Å²) in [5.41, 5.74) is 0.167. The van der Waals surface area contributed by atoms with Crippen LogP contribution in [0.1, 0.15) is 46.5 Å². The summed E-state index contributed by atoms with van der Waals surface area (Å²) >= 11 is 0. The lowest BCUT2D eigenvalue weighted by Gasteiger charge is -2.28. The Balaban J connectivity index is 2.78. The molecule has 1 aromatic rings. The van der Waals surface area contributed by atoms with Gasteiger partial charge in [0.15, 0.2) is 0 Å². The molecular formula is C10H19N3. The van der Waals surface area contributed by atoms with Gasteiger partial charge in [-0.3, -0.25) is 0 Å². The van der Waals surface area contributed by atoms with Crippen LogP contribution >= 0.6 is 0 Å². The number of aromatic nitrogens is 3. The third-order valence-electron chi connectivity index (χ3n) is 2.55. The maximum atomic E-state index is 4.23. The van der Waals surface area contributed by atoms with Crippen molar-refractivity contribution in [3.05, 3.63) is 12.7 Å². The Hall–Kier alpha value is -0.860. The van der Waals surface area contributed by atoms with Gasteiger partial charge < -0.3 is 0 Å². The van der Waals surface area contributed by atoms with Crippen LogP contribution in [-0.2, 0) is 5.54 Å². The summed E-state index contributed by atoms with van der Waals surface area (Å²) in [6, 6.07) is 0. The molecular weight excluding hydrogens is 162 g/mol. The minimum absolute atomic E-state index is 0.167. The highest BCUT2D eigenvalue weighted by Gasteiger charge is 2.24. The third kappa shape index (κ3) is 2.29. The summed E-state index contributed by atoms with van der Waals surface area (Å²) in [7, 11) is 0. The monoisotopic (exact) mass is 181 g/mol. The van der Waals surface area contributed by atoms with Crippen molar-refractivity contribution in [1.82, 2.24) is 14.8 Å². The minimum Gasteiger partial charge on any atom is -0.247 e. The molecule has 0 aliphatic carbocycles. The second-order valence-corrected chi connectivity index (χ2v) is 3.84. The van der Waals surface area contributed by atoms with Gasteiger partial charge in [-0.05, 0) is 19.8 Å². The first-order chi connectivity index (χ1) is 6.23. The average Bonchev–Trinajstić information content (AvgIpc) is 2.57. The van der Waals surface area contributed by atoms with Crippen LogP contribution in [0.4, 0.5) is 0 Å². The molecule has 13 heavy (non-hydrogen) atoms. The molecule has 0 bridgehead atoms. The van der Waals surface area contributed by atoms with Crippen molar-refractivity contribution in [3.63, 3.8) is 0 Å². The van der Waals surface area contributed by atoms with Crippen molar-refractivity contribution < 1.29 is 0 Å². The van der Waals surface area contributed by atoms with E-state index in [2.05, 4.69) is 30.9 Å². The van der Waals surface area contributed by atoms with E-state index in [9.17, 15) is 0 Å². The lowest BCUT2D eigenvalue weighted by molar-refractivity contribution is 0.238. The van der Waals surface area contributed by atoms with E-state index in [0.717, 1.165) is 0 Å². The zero-order valence-electron chi connectivity index (χ0n) is 8.82. The Morgan fingerprint density at radius 3 is 2.23 bits per heavy atom. The first-order valence-corrected chi connectivity index (χ1v) is 5.08. The zero-order chi connectivity index (χ0) is 9.73. The second kappa shape index (κ2) is 4.40. The van der Waals surface area contributed by atoms with Crippen LogP contribution in [0.25, 0.3) is 0 Å². The van der Waals surface area contributed by atoms with Gasteiger partial charge >= 0.3 is 0 Å². The zero-order valence-corrected chi connectivity index (χ0v) is 8.82. The molecule has 0 saturated carbocycles. The number of hydrogen-bond donors (Lipinski definition) is 0. The van der Waals surface area contributed by atoms with E-state index >= 15 is 0 Å². The Bertz CT molecular complexity index is 222. The molecule has 3 heteroatoms. The average molecular weight is 181 g/mol. The van der Waals surface area contributed by atoms with Gasteiger partial charge in [-0.25, -0.2) is 9.67 Å². The smallest absolute Gasteiger partial charge is 0.137 e. The lowest BCUT2D eigenvalue weighted by atomic mass is 9.91. The Morgan fingerprint density at radius 1 is 1.23 bits per heavy atom. The fraction of sp³-hybridized carbons (Fsp3) is 0.800. The van der Waals surface area contributed by atoms with Crippen LogP contribution in [0.2, 0.25) is 0 Å². The van der Waals surface area contributed by atoms with Crippen LogP contribution in [-0.4, -0.2) is 14.8 Å². The lowest BCUT2D eigenvalue weighted by Crippen LogP contribution is -2.30. The Labute approximate surface area is 80.2 Å². The molecule has 1 aromatic heterocycles. The summed E-state index contributed by atoms with van der Waals surface area (Å²) < 4.78 is 2.00. The summed E-state index contributed by atoms with van der Waals surface area (Å²) in [5.74, 6) is 0. The Kier molecular flexibility index (Phi) is 3.46. The van der Waals surface area contributed by atoms with Crippen molar-refractivity contribution in [2.24, 2.45) is 0 Å². The molecule has 74 valence electrons. The predicted molar refractivity (Wildman–Crippen MR) is 53.5 cm³/mol. The van der Waals surface area contributed by atoms with Gasteiger partial charge in [-0.15, -0.1) is 0 Å². The van der Waals surface area contributed by atoms with Gasteiger partial charge in [0, 0.05) is 0 Å². The summed E-state index contributed by atoms with van der Waals surface area (Å²) in [4.78, 5) is 4.00. The maximum absolute atomic E-state index is 4.23. The molecule has 0 radical (unpaired) electrons. The highest BCUT2D eigenvalue weighted by molar-refractivity contribution is 4.80. The standard InChI is InChI=1S/C10H19N3/c1-4-6-10(3,7-5-2)13-9-11-8-12-13/h8-9H,4-7H2,1-3H3. The third-order valence-corrected chi connectivity index (χ3v) is 2.55. The molecule has 0 N–H and O–H groups in total. The van der Waals surface area contributed by atoms with E-state index in [-0.39, 0.29) is 5.54 Å². The van der Waals surface area contributed by atoms with Crippen LogP contribution in [0, 0.1) is 0 Å². The first kappa shape index (κ1) is 10.2. The van der Waals surface area contributed by atoms with Crippen LogP contribution in [0.3, 0.4) is 0 Å². The van der Waals surface area contributed by atoms with Gasteiger partial charge in [0.1, 0.15) is 12.7 Å². The van der Waals surface area contributed by atoms with E-state index < -0.39 is 0 Å².